The quantitative estimate of drug-likeness (QED) is 0.720. The fourth-order valence-corrected chi connectivity index (χ4v) is 2.92. The van der Waals surface area contributed by atoms with Gasteiger partial charge in [0, 0.05) is 11.3 Å². The molecule has 1 aromatic heterocycles. The van der Waals surface area contributed by atoms with Crippen molar-refractivity contribution in [1.29, 1.82) is 0 Å². The molecule has 2 heterocycles. The Balaban J connectivity index is 1.51. The van der Waals surface area contributed by atoms with Gasteiger partial charge in [0.1, 0.15) is 13.2 Å². The predicted molar refractivity (Wildman–Crippen MR) is 102 cm³/mol. The Morgan fingerprint density at radius 1 is 1.07 bits per heavy atom. The molecule has 1 amide bonds. The van der Waals surface area contributed by atoms with Crippen molar-refractivity contribution >= 4 is 11.6 Å². The van der Waals surface area contributed by atoms with Crippen LogP contribution in [0.4, 0.5) is 5.69 Å². The van der Waals surface area contributed by atoms with Gasteiger partial charge in [-0.05, 0) is 55.8 Å². The first kappa shape index (κ1) is 17.8. The number of fused-ring (bicyclic) bond motifs is 1. The third-order valence-corrected chi connectivity index (χ3v) is 4.69. The molecular formula is C20H19N3O5. The van der Waals surface area contributed by atoms with Gasteiger partial charge in [-0.3, -0.25) is 14.3 Å². The molecule has 0 unspecified atom stereocenters. The van der Waals surface area contributed by atoms with E-state index in [1.807, 2.05) is 32.0 Å². The second-order valence-electron chi connectivity index (χ2n) is 6.96. The Bertz CT molecular complexity index is 1070. The van der Waals surface area contributed by atoms with E-state index in [0.29, 0.717) is 41.8 Å². The predicted octanol–water partition coefficient (Wildman–Crippen LogP) is 2.72. The molecular weight excluding hydrogens is 362 g/mol. The molecule has 0 bridgehead atoms. The van der Waals surface area contributed by atoms with Crippen LogP contribution < -0.4 is 20.5 Å². The van der Waals surface area contributed by atoms with Crippen LogP contribution in [0, 0.1) is 0 Å². The molecule has 0 saturated heterocycles. The Morgan fingerprint density at radius 2 is 1.79 bits per heavy atom. The van der Waals surface area contributed by atoms with E-state index in [0.717, 1.165) is 5.56 Å². The molecule has 0 saturated carbocycles. The topological polar surface area (TPSA) is 106 Å². The molecule has 28 heavy (non-hydrogen) atoms. The lowest BCUT2D eigenvalue weighted by atomic mass is 9.83. The van der Waals surface area contributed by atoms with Gasteiger partial charge in [-0.2, -0.15) is 0 Å². The van der Waals surface area contributed by atoms with E-state index in [-0.39, 0.29) is 5.91 Å². The number of anilines is 1. The van der Waals surface area contributed by atoms with Crippen molar-refractivity contribution in [2.24, 2.45) is 0 Å². The lowest BCUT2D eigenvalue weighted by molar-refractivity contribution is -0.120. The molecule has 0 fully saturated rings. The highest BCUT2D eigenvalue weighted by atomic mass is 16.6. The zero-order valence-electron chi connectivity index (χ0n) is 15.4. The largest absolute Gasteiger partial charge is 0.486 e. The number of nitrogens with one attached hydrogen (secondary N) is 2. The van der Waals surface area contributed by atoms with Crippen LogP contribution in [0.3, 0.4) is 0 Å². The third-order valence-electron chi connectivity index (χ3n) is 4.69. The van der Waals surface area contributed by atoms with Gasteiger partial charge in [0.05, 0.1) is 5.41 Å². The molecule has 1 aliphatic rings. The van der Waals surface area contributed by atoms with Crippen molar-refractivity contribution in [3.63, 3.8) is 0 Å². The minimum absolute atomic E-state index is 0.160. The highest BCUT2D eigenvalue weighted by molar-refractivity contribution is 5.98. The molecule has 2 aromatic carbocycles. The molecule has 0 spiro atoms. The zero-order chi connectivity index (χ0) is 19.7. The first-order valence-electron chi connectivity index (χ1n) is 8.81. The molecule has 4 rings (SSSR count). The number of aromatic amines is 1. The van der Waals surface area contributed by atoms with E-state index >= 15 is 0 Å². The molecule has 0 radical (unpaired) electrons. The van der Waals surface area contributed by atoms with Gasteiger partial charge >= 0.3 is 5.76 Å². The Morgan fingerprint density at radius 3 is 2.46 bits per heavy atom. The van der Waals surface area contributed by atoms with Crippen molar-refractivity contribution in [3.8, 4) is 22.9 Å². The molecule has 0 aliphatic carbocycles. The van der Waals surface area contributed by atoms with Crippen LogP contribution in [-0.2, 0) is 10.2 Å². The van der Waals surface area contributed by atoms with E-state index in [2.05, 4.69) is 20.0 Å². The summed E-state index contributed by atoms with van der Waals surface area (Å²) in [6.07, 6.45) is 0. The number of ether oxygens (including phenoxy) is 2. The summed E-state index contributed by atoms with van der Waals surface area (Å²) < 4.78 is 15.7. The van der Waals surface area contributed by atoms with Crippen LogP contribution >= 0.6 is 0 Å². The number of carbonyl (C=O) groups excluding carboxylic acids is 1. The standard InChI is InChI=1S/C20H19N3O5/c1-20(2,13-5-8-15-16(11-13)27-10-9-26-15)18(24)21-14-6-3-12(4-7-14)17-22-19(25)28-23-17/h3-8,11H,9-10H2,1-2H3,(H,21,24)(H,22,23,25). The van der Waals surface area contributed by atoms with Crippen LogP contribution in [0.5, 0.6) is 11.5 Å². The van der Waals surface area contributed by atoms with Crippen LogP contribution in [0.2, 0.25) is 0 Å². The van der Waals surface area contributed by atoms with E-state index in [9.17, 15) is 9.59 Å². The average Bonchev–Trinajstić information content (AvgIpc) is 3.14. The molecule has 8 nitrogen and oxygen atoms in total. The molecule has 2 N–H and O–H groups in total. The number of nitrogens with zero attached hydrogens (tertiary/aromatic N) is 1. The summed E-state index contributed by atoms with van der Waals surface area (Å²) in [6.45, 7) is 4.71. The fourth-order valence-electron chi connectivity index (χ4n) is 2.92. The first-order chi connectivity index (χ1) is 13.4. The van der Waals surface area contributed by atoms with Gasteiger partial charge in [-0.1, -0.05) is 11.2 Å². The minimum Gasteiger partial charge on any atom is -0.486 e. The Hall–Kier alpha value is -3.55. The van der Waals surface area contributed by atoms with Crippen LogP contribution in [0.15, 0.2) is 51.8 Å². The molecule has 3 aromatic rings. The number of hydrogen-bond acceptors (Lipinski definition) is 6. The number of benzene rings is 2. The average molecular weight is 381 g/mol. The Labute approximate surface area is 160 Å². The van der Waals surface area contributed by atoms with Crippen molar-refractivity contribution in [1.82, 2.24) is 10.1 Å². The van der Waals surface area contributed by atoms with Crippen LogP contribution in [0.25, 0.3) is 11.4 Å². The fraction of sp³-hybridized carbons (Fsp3) is 0.250. The smallest absolute Gasteiger partial charge is 0.439 e. The lowest BCUT2D eigenvalue weighted by Crippen LogP contribution is -2.34. The number of carbonyl (C=O) groups is 1. The normalized spacial score (nSPS) is 13.2. The summed E-state index contributed by atoms with van der Waals surface area (Å²) in [5.74, 6) is 0.892. The Kier molecular flexibility index (Phi) is 4.38. The summed E-state index contributed by atoms with van der Waals surface area (Å²) in [5.41, 5.74) is 1.34. The maximum absolute atomic E-state index is 12.9. The van der Waals surface area contributed by atoms with Gasteiger partial charge in [0.25, 0.3) is 0 Å². The summed E-state index contributed by atoms with van der Waals surface area (Å²) in [6, 6.07) is 12.5. The summed E-state index contributed by atoms with van der Waals surface area (Å²) in [5, 5.41) is 6.56. The van der Waals surface area contributed by atoms with Crippen molar-refractivity contribution in [2.75, 3.05) is 18.5 Å². The highest BCUT2D eigenvalue weighted by Gasteiger charge is 2.31. The molecule has 144 valence electrons. The van der Waals surface area contributed by atoms with Crippen molar-refractivity contribution in [2.45, 2.75) is 19.3 Å². The minimum atomic E-state index is -0.786. The van der Waals surface area contributed by atoms with Gasteiger partial charge in [-0.25, -0.2) is 4.79 Å². The van der Waals surface area contributed by atoms with E-state index in [1.54, 1.807) is 24.3 Å². The lowest BCUT2D eigenvalue weighted by Gasteiger charge is -2.26. The number of H-pyrrole nitrogens is 1. The van der Waals surface area contributed by atoms with E-state index < -0.39 is 11.2 Å². The second kappa shape index (κ2) is 6.88. The van der Waals surface area contributed by atoms with Crippen LogP contribution in [0.1, 0.15) is 19.4 Å². The number of hydrogen-bond donors (Lipinski definition) is 2. The van der Waals surface area contributed by atoms with Gasteiger partial charge < -0.3 is 14.8 Å². The van der Waals surface area contributed by atoms with Gasteiger partial charge in [0.15, 0.2) is 17.3 Å². The maximum Gasteiger partial charge on any atom is 0.439 e. The summed E-state index contributed by atoms with van der Waals surface area (Å²) in [4.78, 5) is 26.4. The number of amides is 1. The zero-order valence-corrected chi connectivity index (χ0v) is 15.4. The number of aromatic nitrogens is 2. The SMILES string of the molecule is CC(C)(C(=O)Nc1ccc(-c2noc(=O)[nH]2)cc1)c1ccc2c(c1)OCCO2. The molecule has 1 aliphatic heterocycles. The van der Waals surface area contributed by atoms with Crippen LogP contribution in [-0.4, -0.2) is 29.3 Å². The van der Waals surface area contributed by atoms with Crippen molar-refractivity contribution < 1.29 is 18.8 Å². The van der Waals surface area contributed by atoms with Gasteiger partial charge in [-0.15, -0.1) is 0 Å². The maximum atomic E-state index is 12.9. The number of rotatable bonds is 4. The third kappa shape index (κ3) is 3.36. The monoisotopic (exact) mass is 381 g/mol. The highest BCUT2D eigenvalue weighted by Crippen LogP contribution is 2.35. The molecule has 8 heteroatoms. The second-order valence-corrected chi connectivity index (χ2v) is 6.96. The van der Waals surface area contributed by atoms with Crippen molar-refractivity contribution in [3.05, 3.63) is 58.6 Å². The first-order valence-corrected chi connectivity index (χ1v) is 8.81. The summed E-state index contributed by atoms with van der Waals surface area (Å²) >= 11 is 0. The van der Waals surface area contributed by atoms with Gasteiger partial charge in [0.2, 0.25) is 5.91 Å². The van der Waals surface area contributed by atoms with E-state index in [4.69, 9.17) is 9.47 Å². The summed E-state index contributed by atoms with van der Waals surface area (Å²) in [7, 11) is 0. The van der Waals surface area contributed by atoms with E-state index in [1.165, 1.54) is 0 Å². The molecule has 0 atom stereocenters.